The molecule has 8 nitrogen and oxygen atoms in total. The Hall–Kier alpha value is -3.59. The van der Waals surface area contributed by atoms with Crippen molar-refractivity contribution in [1.82, 2.24) is 20.2 Å². The van der Waals surface area contributed by atoms with Crippen molar-refractivity contribution >= 4 is 17.7 Å². The maximum absolute atomic E-state index is 13.6. The summed E-state index contributed by atoms with van der Waals surface area (Å²) in [6, 6.07) is 9.78. The highest BCUT2D eigenvalue weighted by molar-refractivity contribution is 6.00. The van der Waals surface area contributed by atoms with Gasteiger partial charge in [0.25, 0.3) is 5.91 Å². The molecule has 1 amide bonds. The monoisotopic (exact) mass is 463 g/mol. The van der Waals surface area contributed by atoms with Gasteiger partial charge in [-0.15, -0.1) is 0 Å². The van der Waals surface area contributed by atoms with Crippen LogP contribution in [0.4, 0.5) is 10.2 Å². The van der Waals surface area contributed by atoms with Crippen LogP contribution in [0.25, 0.3) is 22.4 Å². The normalized spacial score (nSPS) is 16.2. The van der Waals surface area contributed by atoms with E-state index in [0.29, 0.717) is 30.2 Å². The molecule has 3 heterocycles. The molecule has 9 heteroatoms. The highest BCUT2D eigenvalue weighted by atomic mass is 19.1. The Bertz CT molecular complexity index is 1170. The first-order valence-electron chi connectivity index (χ1n) is 11.6. The number of esters is 1. The molecular weight excluding hydrogens is 437 g/mol. The molecule has 1 N–H and O–H groups in total. The second-order valence-electron chi connectivity index (χ2n) is 8.59. The van der Waals surface area contributed by atoms with Crippen molar-refractivity contribution in [3.63, 3.8) is 0 Å². The summed E-state index contributed by atoms with van der Waals surface area (Å²) in [5.41, 5.74) is 6.01. The number of hydrazine groups is 1. The molecule has 1 aliphatic carbocycles. The van der Waals surface area contributed by atoms with Gasteiger partial charge in [0.2, 0.25) is 0 Å². The lowest BCUT2D eigenvalue weighted by atomic mass is 9.89. The predicted octanol–water partition coefficient (Wildman–Crippen LogP) is 3.73. The lowest BCUT2D eigenvalue weighted by Crippen LogP contribution is -2.51. The first-order valence-corrected chi connectivity index (χ1v) is 11.6. The third kappa shape index (κ3) is 4.43. The Labute approximate surface area is 196 Å². The van der Waals surface area contributed by atoms with E-state index in [1.165, 1.54) is 17.1 Å². The van der Waals surface area contributed by atoms with Crippen LogP contribution in [-0.2, 0) is 20.9 Å². The number of anilines is 1. The minimum absolute atomic E-state index is 0.126. The van der Waals surface area contributed by atoms with Crippen molar-refractivity contribution in [2.75, 3.05) is 18.2 Å². The van der Waals surface area contributed by atoms with Gasteiger partial charge in [-0.1, -0.05) is 19.3 Å². The Morgan fingerprint density at radius 1 is 1.03 bits per heavy atom. The number of ether oxygens (including phenoxy) is 1. The number of hydrogen-bond donors (Lipinski definition) is 1. The molecular formula is C25H26FN5O3. The minimum atomic E-state index is -0.383. The molecule has 5 rings (SSSR count). The van der Waals surface area contributed by atoms with Gasteiger partial charge >= 0.3 is 5.97 Å². The van der Waals surface area contributed by atoms with Gasteiger partial charge in [0.1, 0.15) is 11.5 Å². The minimum Gasteiger partial charge on any atom is -0.455 e. The van der Waals surface area contributed by atoms with E-state index in [-0.39, 0.29) is 30.2 Å². The molecule has 2 aromatic heterocycles. The molecule has 176 valence electrons. The van der Waals surface area contributed by atoms with E-state index < -0.39 is 0 Å². The van der Waals surface area contributed by atoms with Gasteiger partial charge in [0.15, 0.2) is 12.4 Å². The first-order chi connectivity index (χ1) is 16.6. The van der Waals surface area contributed by atoms with Gasteiger partial charge in [-0.2, -0.15) is 5.10 Å². The molecule has 2 aliphatic rings. The van der Waals surface area contributed by atoms with Crippen LogP contribution in [-0.4, -0.2) is 39.8 Å². The predicted molar refractivity (Wildman–Crippen MR) is 124 cm³/mol. The molecule has 3 aromatic rings. The van der Waals surface area contributed by atoms with Gasteiger partial charge in [0, 0.05) is 24.5 Å². The fraction of sp³-hybridized carbons (Fsp3) is 0.360. The standard InChI is InChI=1S/C25H26FN5O3/c26-20-8-6-18(7-9-20)23-22(17-10-12-27-13-11-17)24-30(29-23)15-14-28-31(24)21(32)16-34-25(33)19-4-2-1-3-5-19/h6-13,19,28H,1-5,14-16H2. The van der Waals surface area contributed by atoms with Crippen LogP contribution in [0.5, 0.6) is 0 Å². The summed E-state index contributed by atoms with van der Waals surface area (Å²) in [7, 11) is 0. The van der Waals surface area contributed by atoms with Crippen molar-refractivity contribution in [2.45, 2.75) is 38.6 Å². The van der Waals surface area contributed by atoms with E-state index in [2.05, 4.69) is 10.4 Å². The zero-order valence-corrected chi connectivity index (χ0v) is 18.7. The molecule has 0 atom stereocenters. The largest absolute Gasteiger partial charge is 0.455 e. The maximum Gasteiger partial charge on any atom is 0.309 e. The highest BCUT2D eigenvalue weighted by Gasteiger charge is 2.32. The second-order valence-corrected chi connectivity index (χ2v) is 8.59. The second kappa shape index (κ2) is 9.72. The molecule has 0 spiro atoms. The summed E-state index contributed by atoms with van der Waals surface area (Å²) < 4.78 is 20.7. The average molecular weight is 464 g/mol. The summed E-state index contributed by atoms with van der Waals surface area (Å²) in [5, 5.41) is 6.17. The van der Waals surface area contributed by atoms with Gasteiger partial charge < -0.3 is 4.74 Å². The van der Waals surface area contributed by atoms with E-state index in [1.807, 2.05) is 12.1 Å². The molecule has 0 bridgehead atoms. The Morgan fingerprint density at radius 3 is 2.50 bits per heavy atom. The zero-order chi connectivity index (χ0) is 23.5. The van der Waals surface area contributed by atoms with Crippen LogP contribution in [0.15, 0.2) is 48.8 Å². The van der Waals surface area contributed by atoms with E-state index in [0.717, 1.165) is 43.2 Å². The highest BCUT2D eigenvalue weighted by Crippen LogP contribution is 2.40. The van der Waals surface area contributed by atoms with Crippen LogP contribution in [0.2, 0.25) is 0 Å². The third-order valence-electron chi connectivity index (χ3n) is 6.34. The van der Waals surface area contributed by atoms with Gasteiger partial charge in [-0.3, -0.25) is 14.6 Å². The van der Waals surface area contributed by atoms with Crippen molar-refractivity contribution in [3.05, 3.63) is 54.6 Å². The van der Waals surface area contributed by atoms with Crippen molar-refractivity contribution in [2.24, 2.45) is 5.92 Å². The number of nitrogens with zero attached hydrogens (tertiary/aromatic N) is 4. The van der Waals surface area contributed by atoms with Gasteiger partial charge in [0.05, 0.1) is 18.0 Å². The van der Waals surface area contributed by atoms with Crippen LogP contribution in [0.1, 0.15) is 32.1 Å². The van der Waals surface area contributed by atoms with E-state index >= 15 is 0 Å². The van der Waals surface area contributed by atoms with E-state index in [9.17, 15) is 14.0 Å². The summed E-state index contributed by atoms with van der Waals surface area (Å²) in [6.07, 6.45) is 8.14. The van der Waals surface area contributed by atoms with E-state index in [1.54, 1.807) is 29.2 Å². The summed E-state index contributed by atoms with van der Waals surface area (Å²) in [4.78, 5) is 29.8. The molecule has 0 unspecified atom stereocenters. The lowest BCUT2D eigenvalue weighted by molar-refractivity contribution is -0.153. The zero-order valence-electron chi connectivity index (χ0n) is 18.7. The Morgan fingerprint density at radius 2 is 1.76 bits per heavy atom. The smallest absolute Gasteiger partial charge is 0.309 e. The van der Waals surface area contributed by atoms with Crippen molar-refractivity contribution in [3.8, 4) is 22.4 Å². The maximum atomic E-state index is 13.6. The average Bonchev–Trinajstić information content (AvgIpc) is 3.28. The molecule has 0 saturated heterocycles. The van der Waals surface area contributed by atoms with E-state index in [4.69, 9.17) is 9.84 Å². The molecule has 1 aliphatic heterocycles. The summed E-state index contributed by atoms with van der Waals surface area (Å²) in [6.45, 7) is 0.672. The number of pyridine rings is 1. The quantitative estimate of drug-likeness (QED) is 0.580. The van der Waals surface area contributed by atoms with Gasteiger partial charge in [-0.05, 0) is 54.8 Å². The van der Waals surface area contributed by atoms with Crippen LogP contribution >= 0.6 is 0 Å². The summed E-state index contributed by atoms with van der Waals surface area (Å²) in [5.74, 6) is -0.600. The number of carbonyl (C=O) groups excluding carboxylic acids is 2. The molecule has 1 saturated carbocycles. The number of aromatic nitrogens is 3. The fourth-order valence-electron chi connectivity index (χ4n) is 4.63. The number of fused-ring (bicyclic) bond motifs is 1. The number of nitrogens with one attached hydrogen (secondary N) is 1. The fourth-order valence-corrected chi connectivity index (χ4v) is 4.63. The third-order valence-corrected chi connectivity index (χ3v) is 6.34. The van der Waals surface area contributed by atoms with Crippen LogP contribution in [0, 0.1) is 11.7 Å². The SMILES string of the molecule is O=C(OCC(=O)N1NCCn2nc(-c3ccc(F)cc3)c(-c3ccncc3)c21)C1CCCCC1. The molecule has 1 aromatic carbocycles. The van der Waals surface area contributed by atoms with Gasteiger partial charge in [-0.25, -0.2) is 19.5 Å². The van der Waals surface area contributed by atoms with Crippen LogP contribution in [0.3, 0.4) is 0 Å². The lowest BCUT2D eigenvalue weighted by Gasteiger charge is -2.29. The Balaban J connectivity index is 1.47. The number of benzene rings is 1. The molecule has 0 radical (unpaired) electrons. The van der Waals surface area contributed by atoms with Crippen molar-refractivity contribution < 1.29 is 18.7 Å². The number of amides is 1. The summed E-state index contributed by atoms with van der Waals surface area (Å²) >= 11 is 0. The molecule has 34 heavy (non-hydrogen) atoms. The number of carbonyl (C=O) groups is 2. The first kappa shape index (κ1) is 22.2. The van der Waals surface area contributed by atoms with Crippen LogP contribution < -0.4 is 10.4 Å². The topological polar surface area (TPSA) is 89.4 Å². The van der Waals surface area contributed by atoms with Crippen molar-refractivity contribution in [1.29, 1.82) is 0 Å². The Kier molecular flexibility index (Phi) is 6.35. The molecule has 1 fully saturated rings. The number of halogens is 1. The number of rotatable bonds is 5. The number of hydrogen-bond acceptors (Lipinski definition) is 6.